The number of aromatic nitrogens is 2. The first-order chi connectivity index (χ1) is 17.2. The number of fused-ring (bicyclic) bond motifs is 8. The summed E-state index contributed by atoms with van der Waals surface area (Å²) in [6.45, 7) is 5.49. The molecule has 0 saturated carbocycles. The Labute approximate surface area is 206 Å². The fraction of sp³-hybridized carbons (Fsp3) is 0.400. The molecule has 5 heterocycles. The third-order valence-electron chi connectivity index (χ3n) is 8.84. The standard InChI is InChI=1S/C30H34N4O/c1-3-18-17-34-13-11-23-24-16-20(35-2)8-9-26(24)33-30(23)28(34)15-19(18)14-27-29-22(10-12-31-27)21-6-4-5-7-25(21)32-29/h3-9,16,19,27-28,31-33H,10-15,17H2,1-2H3/b18-3-/t19-,27+,28-/m0/s1. The second kappa shape index (κ2) is 8.28. The molecule has 5 heteroatoms. The molecule has 4 aromatic rings. The lowest BCUT2D eigenvalue weighted by atomic mass is 9.78. The molecule has 2 aromatic heterocycles. The Morgan fingerprint density at radius 3 is 2.71 bits per heavy atom. The Bertz CT molecular complexity index is 1440. The summed E-state index contributed by atoms with van der Waals surface area (Å²) in [4.78, 5) is 10.3. The Kier molecular flexibility index (Phi) is 5.04. The Morgan fingerprint density at radius 2 is 1.83 bits per heavy atom. The molecule has 180 valence electrons. The largest absolute Gasteiger partial charge is 0.497 e. The summed E-state index contributed by atoms with van der Waals surface area (Å²) in [6.07, 6.45) is 6.91. The van der Waals surface area contributed by atoms with Crippen molar-refractivity contribution in [1.82, 2.24) is 20.2 Å². The molecule has 1 fully saturated rings. The number of hydrogen-bond acceptors (Lipinski definition) is 3. The molecular weight excluding hydrogens is 432 g/mol. The highest BCUT2D eigenvalue weighted by atomic mass is 16.5. The van der Waals surface area contributed by atoms with Gasteiger partial charge in [-0.3, -0.25) is 4.90 Å². The fourth-order valence-electron chi connectivity index (χ4n) is 7.08. The van der Waals surface area contributed by atoms with Gasteiger partial charge in [0.05, 0.1) is 13.2 Å². The van der Waals surface area contributed by atoms with Crippen LogP contribution >= 0.6 is 0 Å². The minimum absolute atomic E-state index is 0.382. The van der Waals surface area contributed by atoms with Gasteiger partial charge in [-0.1, -0.05) is 29.8 Å². The van der Waals surface area contributed by atoms with Crippen LogP contribution in [0.3, 0.4) is 0 Å². The van der Waals surface area contributed by atoms with Crippen LogP contribution in [0.5, 0.6) is 5.75 Å². The highest BCUT2D eigenvalue weighted by Crippen LogP contribution is 2.46. The lowest BCUT2D eigenvalue weighted by Crippen LogP contribution is -2.43. The van der Waals surface area contributed by atoms with Crippen molar-refractivity contribution < 1.29 is 4.74 Å². The SMILES string of the molecule is C/C=C1/CN2CCc3c([nH]c4ccc(OC)cc34)[C@@H]2C[C@@H]1C[C@H]1NCCc2c1[nH]c1ccccc21. The highest BCUT2D eigenvalue weighted by molar-refractivity contribution is 5.87. The summed E-state index contributed by atoms with van der Waals surface area (Å²) >= 11 is 0. The average molecular weight is 467 g/mol. The van der Waals surface area contributed by atoms with E-state index in [9.17, 15) is 0 Å². The van der Waals surface area contributed by atoms with Crippen LogP contribution in [-0.2, 0) is 12.8 Å². The number of allylic oxidation sites excluding steroid dienone is 1. The van der Waals surface area contributed by atoms with E-state index in [1.165, 1.54) is 50.7 Å². The topological polar surface area (TPSA) is 56.1 Å². The number of H-pyrrole nitrogens is 2. The van der Waals surface area contributed by atoms with Crippen molar-refractivity contribution in [3.05, 3.63) is 76.6 Å². The molecule has 3 aliphatic rings. The van der Waals surface area contributed by atoms with E-state index < -0.39 is 0 Å². The lowest BCUT2D eigenvalue weighted by Gasteiger charge is -2.44. The van der Waals surface area contributed by atoms with Crippen LogP contribution in [0.25, 0.3) is 21.8 Å². The third kappa shape index (κ3) is 3.36. The number of rotatable bonds is 3. The monoisotopic (exact) mass is 466 g/mol. The molecule has 7 rings (SSSR count). The molecule has 0 bridgehead atoms. The van der Waals surface area contributed by atoms with Gasteiger partial charge in [-0.05, 0) is 80.5 Å². The quantitative estimate of drug-likeness (QED) is 0.335. The minimum atomic E-state index is 0.382. The number of benzene rings is 2. The molecule has 3 atom stereocenters. The Balaban J connectivity index is 1.22. The van der Waals surface area contributed by atoms with Crippen LogP contribution in [0, 0.1) is 5.92 Å². The van der Waals surface area contributed by atoms with E-state index in [1.54, 1.807) is 12.7 Å². The number of aromatic amines is 2. The van der Waals surface area contributed by atoms with Crippen molar-refractivity contribution in [1.29, 1.82) is 0 Å². The van der Waals surface area contributed by atoms with Crippen molar-refractivity contribution >= 4 is 21.8 Å². The van der Waals surface area contributed by atoms with Gasteiger partial charge >= 0.3 is 0 Å². The van der Waals surface area contributed by atoms with Crippen LogP contribution in [0.1, 0.15) is 54.4 Å². The average Bonchev–Trinajstić information content (AvgIpc) is 3.47. The molecule has 0 unspecified atom stereocenters. The molecule has 3 N–H and O–H groups in total. The molecular formula is C30H34N4O. The van der Waals surface area contributed by atoms with Crippen molar-refractivity contribution in [2.75, 3.05) is 26.7 Å². The van der Waals surface area contributed by atoms with Crippen molar-refractivity contribution in [2.45, 2.75) is 44.7 Å². The molecule has 3 aliphatic heterocycles. The maximum absolute atomic E-state index is 5.53. The van der Waals surface area contributed by atoms with Crippen LogP contribution in [0.4, 0.5) is 0 Å². The number of nitrogens with zero attached hydrogens (tertiary/aromatic N) is 1. The number of para-hydroxylation sites is 1. The number of hydrogen-bond donors (Lipinski definition) is 3. The predicted octanol–water partition coefficient (Wildman–Crippen LogP) is 5.80. The summed E-state index contributed by atoms with van der Waals surface area (Å²) in [5, 5.41) is 6.60. The van der Waals surface area contributed by atoms with Crippen molar-refractivity contribution in [3.8, 4) is 5.75 Å². The van der Waals surface area contributed by atoms with Crippen LogP contribution < -0.4 is 10.1 Å². The van der Waals surface area contributed by atoms with Gasteiger partial charge in [-0.25, -0.2) is 0 Å². The van der Waals surface area contributed by atoms with Gasteiger partial charge in [0.1, 0.15) is 5.75 Å². The summed E-state index contributed by atoms with van der Waals surface area (Å²) in [6, 6.07) is 16.1. The van der Waals surface area contributed by atoms with Crippen LogP contribution in [0.2, 0.25) is 0 Å². The van der Waals surface area contributed by atoms with E-state index in [1.807, 2.05) is 0 Å². The Morgan fingerprint density at radius 1 is 1.00 bits per heavy atom. The zero-order chi connectivity index (χ0) is 23.5. The van der Waals surface area contributed by atoms with Gasteiger partial charge < -0.3 is 20.0 Å². The lowest BCUT2D eigenvalue weighted by molar-refractivity contribution is 0.131. The molecule has 1 saturated heterocycles. The summed E-state index contributed by atoms with van der Waals surface area (Å²) in [5.41, 5.74) is 9.98. The molecule has 35 heavy (non-hydrogen) atoms. The molecule has 5 nitrogen and oxygen atoms in total. The summed E-state index contributed by atoms with van der Waals surface area (Å²) < 4.78 is 5.53. The summed E-state index contributed by atoms with van der Waals surface area (Å²) in [7, 11) is 1.75. The fourth-order valence-corrected chi connectivity index (χ4v) is 7.08. The van der Waals surface area contributed by atoms with Crippen molar-refractivity contribution in [3.63, 3.8) is 0 Å². The zero-order valence-corrected chi connectivity index (χ0v) is 20.7. The van der Waals surface area contributed by atoms with Crippen LogP contribution in [-0.4, -0.2) is 41.6 Å². The molecule has 0 aliphatic carbocycles. The van der Waals surface area contributed by atoms with E-state index in [2.05, 4.69) is 75.6 Å². The van der Waals surface area contributed by atoms with Gasteiger partial charge in [0.25, 0.3) is 0 Å². The second-order valence-corrected chi connectivity index (χ2v) is 10.5. The van der Waals surface area contributed by atoms with E-state index in [-0.39, 0.29) is 0 Å². The maximum Gasteiger partial charge on any atom is 0.119 e. The predicted molar refractivity (Wildman–Crippen MR) is 142 cm³/mol. The Hall–Kier alpha value is -3.02. The van der Waals surface area contributed by atoms with Gasteiger partial charge in [0, 0.05) is 52.3 Å². The van der Waals surface area contributed by atoms with E-state index in [0.717, 1.165) is 44.6 Å². The number of nitrogens with one attached hydrogen (secondary N) is 3. The van der Waals surface area contributed by atoms with Gasteiger partial charge in [0.2, 0.25) is 0 Å². The molecule has 0 radical (unpaired) electrons. The first-order valence-electron chi connectivity index (χ1n) is 13.1. The normalized spacial score (nSPS) is 25.5. The van der Waals surface area contributed by atoms with E-state index >= 15 is 0 Å². The first-order valence-corrected chi connectivity index (χ1v) is 13.1. The van der Waals surface area contributed by atoms with E-state index in [0.29, 0.717) is 18.0 Å². The number of ether oxygens (including phenoxy) is 1. The van der Waals surface area contributed by atoms with Crippen molar-refractivity contribution in [2.24, 2.45) is 5.92 Å². The minimum Gasteiger partial charge on any atom is -0.497 e. The van der Waals surface area contributed by atoms with Crippen LogP contribution in [0.15, 0.2) is 54.1 Å². The number of methoxy groups -OCH3 is 1. The third-order valence-corrected chi connectivity index (χ3v) is 8.84. The second-order valence-electron chi connectivity index (χ2n) is 10.5. The van der Waals surface area contributed by atoms with Gasteiger partial charge in [-0.15, -0.1) is 0 Å². The van der Waals surface area contributed by atoms with Gasteiger partial charge in [-0.2, -0.15) is 0 Å². The van der Waals surface area contributed by atoms with Gasteiger partial charge in [0.15, 0.2) is 0 Å². The maximum atomic E-state index is 5.53. The molecule has 2 aromatic carbocycles. The summed E-state index contributed by atoms with van der Waals surface area (Å²) in [5.74, 6) is 1.51. The first kappa shape index (κ1) is 21.3. The molecule has 0 spiro atoms. The highest BCUT2D eigenvalue weighted by Gasteiger charge is 2.39. The smallest absolute Gasteiger partial charge is 0.119 e. The zero-order valence-electron chi connectivity index (χ0n) is 20.7. The molecule has 0 amide bonds. The van der Waals surface area contributed by atoms with E-state index in [4.69, 9.17) is 4.74 Å². The number of piperidine rings is 1.